The minimum absolute atomic E-state index is 0.542. The first-order valence-electron chi connectivity index (χ1n) is 5.32. The van der Waals surface area contributed by atoms with Crippen LogP contribution in [-0.2, 0) is 6.42 Å². The van der Waals surface area contributed by atoms with E-state index in [0.717, 1.165) is 12.0 Å². The van der Waals surface area contributed by atoms with E-state index in [-0.39, 0.29) is 0 Å². The van der Waals surface area contributed by atoms with Gasteiger partial charge in [0.25, 0.3) is 0 Å². The van der Waals surface area contributed by atoms with Crippen LogP contribution in [0.15, 0.2) is 18.2 Å². The third-order valence-electron chi connectivity index (χ3n) is 2.50. The molecule has 0 unspecified atom stereocenters. The van der Waals surface area contributed by atoms with Gasteiger partial charge < -0.3 is 9.64 Å². The fraction of sp³-hybridized carbons (Fsp3) is 0.500. The van der Waals surface area contributed by atoms with Crippen molar-refractivity contribution < 1.29 is 17.9 Å². The summed E-state index contributed by atoms with van der Waals surface area (Å²) in [5, 5.41) is 0. The molecule has 0 bridgehead atoms. The van der Waals surface area contributed by atoms with Gasteiger partial charge in [-0.3, -0.25) is 0 Å². The number of halogens is 3. The molecule has 0 atom stereocenters. The molecule has 1 rings (SSSR count). The molecule has 0 saturated heterocycles. The topological polar surface area (TPSA) is 12.5 Å². The molecule has 1 aromatic rings. The maximum Gasteiger partial charge on any atom is 0.405 e. The van der Waals surface area contributed by atoms with Gasteiger partial charge in [-0.1, -0.05) is 6.92 Å². The van der Waals surface area contributed by atoms with Gasteiger partial charge in [0.1, 0.15) is 12.3 Å². The maximum absolute atomic E-state index is 12.3. The molecule has 0 radical (unpaired) electrons. The molecule has 96 valence electrons. The van der Waals surface area contributed by atoms with Crippen molar-refractivity contribution in [3.8, 4) is 5.75 Å². The lowest BCUT2D eigenvalue weighted by Gasteiger charge is -2.22. The molecule has 0 saturated carbocycles. The van der Waals surface area contributed by atoms with Gasteiger partial charge in [-0.15, -0.1) is 0 Å². The first kappa shape index (κ1) is 13.7. The summed E-state index contributed by atoms with van der Waals surface area (Å²) in [7, 11) is 2.97. The van der Waals surface area contributed by atoms with Crippen LogP contribution in [-0.4, -0.2) is 26.9 Å². The second-order valence-corrected chi connectivity index (χ2v) is 3.82. The fourth-order valence-electron chi connectivity index (χ4n) is 1.64. The molecule has 0 aromatic heterocycles. The van der Waals surface area contributed by atoms with E-state index in [1.165, 1.54) is 11.9 Å². The van der Waals surface area contributed by atoms with Crippen molar-refractivity contribution in [2.75, 3.05) is 25.6 Å². The Morgan fingerprint density at radius 2 is 1.94 bits per heavy atom. The molecule has 0 N–H and O–H groups in total. The van der Waals surface area contributed by atoms with E-state index in [9.17, 15) is 13.2 Å². The number of benzene rings is 1. The number of aryl methyl sites for hydroxylation is 1. The predicted octanol–water partition coefficient (Wildman–Crippen LogP) is 3.26. The first-order valence-corrected chi connectivity index (χ1v) is 5.32. The quantitative estimate of drug-likeness (QED) is 0.809. The lowest BCUT2D eigenvalue weighted by molar-refractivity contribution is -0.119. The van der Waals surface area contributed by atoms with Gasteiger partial charge in [0.2, 0.25) is 0 Å². The predicted molar refractivity (Wildman–Crippen MR) is 61.7 cm³/mol. The van der Waals surface area contributed by atoms with Crippen molar-refractivity contribution in [2.24, 2.45) is 0 Å². The summed E-state index contributed by atoms with van der Waals surface area (Å²) in [6, 6.07) is 5.05. The van der Waals surface area contributed by atoms with Crippen molar-refractivity contribution in [1.82, 2.24) is 0 Å². The van der Waals surface area contributed by atoms with Gasteiger partial charge in [-0.2, -0.15) is 13.2 Å². The van der Waals surface area contributed by atoms with Crippen molar-refractivity contribution in [3.05, 3.63) is 23.8 Å². The van der Waals surface area contributed by atoms with Gasteiger partial charge in [0.15, 0.2) is 0 Å². The molecule has 17 heavy (non-hydrogen) atoms. The minimum atomic E-state index is -4.19. The summed E-state index contributed by atoms with van der Waals surface area (Å²) in [5.41, 5.74) is 1.44. The Morgan fingerprint density at radius 1 is 1.29 bits per heavy atom. The zero-order chi connectivity index (χ0) is 13.1. The standard InChI is InChI=1S/C12H16F3NO/c1-4-9-7-10(5-6-11(9)17-3)16(2)8-12(13,14)15/h5-7H,4,8H2,1-3H3. The van der Waals surface area contributed by atoms with Crippen LogP contribution in [0.3, 0.4) is 0 Å². The Kier molecular flexibility index (Phi) is 4.26. The number of alkyl halides is 3. The van der Waals surface area contributed by atoms with Crippen molar-refractivity contribution in [3.63, 3.8) is 0 Å². The highest BCUT2D eigenvalue weighted by atomic mass is 19.4. The van der Waals surface area contributed by atoms with Crippen LogP contribution < -0.4 is 9.64 Å². The van der Waals surface area contributed by atoms with Gasteiger partial charge in [-0.05, 0) is 30.2 Å². The summed E-state index contributed by atoms with van der Waals surface area (Å²) in [6.45, 7) is 0.980. The Hall–Kier alpha value is -1.39. The van der Waals surface area contributed by atoms with Gasteiger partial charge in [-0.25, -0.2) is 0 Å². The van der Waals surface area contributed by atoms with Crippen LogP contribution in [0, 0.1) is 0 Å². The smallest absolute Gasteiger partial charge is 0.405 e. The average Bonchev–Trinajstić information content (AvgIpc) is 2.25. The van der Waals surface area contributed by atoms with Gasteiger partial charge in [0, 0.05) is 12.7 Å². The molecule has 0 aliphatic heterocycles. The highest BCUT2D eigenvalue weighted by Gasteiger charge is 2.29. The third kappa shape index (κ3) is 3.84. The molecular weight excluding hydrogens is 231 g/mol. The molecular formula is C12H16F3NO. The molecule has 0 amide bonds. The lowest BCUT2D eigenvalue weighted by Crippen LogP contribution is -2.30. The van der Waals surface area contributed by atoms with Crippen LogP contribution in [0.25, 0.3) is 0 Å². The molecule has 2 nitrogen and oxygen atoms in total. The van der Waals surface area contributed by atoms with Gasteiger partial charge >= 0.3 is 6.18 Å². The fourth-order valence-corrected chi connectivity index (χ4v) is 1.64. The number of nitrogens with zero attached hydrogens (tertiary/aromatic N) is 1. The van der Waals surface area contributed by atoms with E-state index in [4.69, 9.17) is 4.74 Å². The van der Waals surface area contributed by atoms with E-state index in [2.05, 4.69) is 0 Å². The number of rotatable bonds is 4. The summed E-state index contributed by atoms with van der Waals surface area (Å²) in [5.74, 6) is 0.705. The molecule has 0 aliphatic rings. The Labute approximate surface area is 99.0 Å². The number of hydrogen-bond acceptors (Lipinski definition) is 2. The Balaban J connectivity index is 2.92. The Morgan fingerprint density at radius 3 is 2.41 bits per heavy atom. The molecule has 5 heteroatoms. The van der Waals surface area contributed by atoms with E-state index in [1.807, 2.05) is 6.92 Å². The highest BCUT2D eigenvalue weighted by Crippen LogP contribution is 2.26. The molecule has 0 heterocycles. The van der Waals surface area contributed by atoms with Crippen molar-refractivity contribution in [2.45, 2.75) is 19.5 Å². The average molecular weight is 247 g/mol. The summed E-state index contributed by atoms with van der Waals surface area (Å²) in [4.78, 5) is 1.18. The van der Waals surface area contributed by atoms with Crippen molar-refractivity contribution >= 4 is 5.69 Å². The number of anilines is 1. The zero-order valence-corrected chi connectivity index (χ0v) is 10.1. The number of hydrogen-bond donors (Lipinski definition) is 0. The van der Waals surface area contributed by atoms with Crippen LogP contribution >= 0.6 is 0 Å². The normalized spacial score (nSPS) is 11.4. The molecule has 1 aromatic carbocycles. The second-order valence-electron chi connectivity index (χ2n) is 3.82. The van der Waals surface area contributed by atoms with Crippen LogP contribution in [0.2, 0.25) is 0 Å². The van der Waals surface area contributed by atoms with E-state index in [1.54, 1.807) is 25.3 Å². The third-order valence-corrected chi connectivity index (χ3v) is 2.50. The molecule has 0 fully saturated rings. The van der Waals surface area contributed by atoms with Gasteiger partial charge in [0.05, 0.1) is 7.11 Å². The van der Waals surface area contributed by atoms with Crippen LogP contribution in [0.4, 0.5) is 18.9 Å². The number of ether oxygens (including phenoxy) is 1. The highest BCUT2D eigenvalue weighted by molar-refractivity contribution is 5.52. The van der Waals surface area contributed by atoms with E-state index < -0.39 is 12.7 Å². The monoisotopic (exact) mass is 247 g/mol. The maximum atomic E-state index is 12.3. The largest absolute Gasteiger partial charge is 0.496 e. The van der Waals surface area contributed by atoms with Crippen molar-refractivity contribution in [1.29, 1.82) is 0 Å². The zero-order valence-electron chi connectivity index (χ0n) is 10.1. The number of methoxy groups -OCH3 is 1. The van der Waals surface area contributed by atoms with Crippen LogP contribution in [0.1, 0.15) is 12.5 Å². The summed E-state index contributed by atoms with van der Waals surface area (Å²) >= 11 is 0. The van der Waals surface area contributed by atoms with E-state index in [0.29, 0.717) is 11.4 Å². The molecule has 0 spiro atoms. The van der Waals surface area contributed by atoms with E-state index >= 15 is 0 Å². The minimum Gasteiger partial charge on any atom is -0.496 e. The molecule has 0 aliphatic carbocycles. The SMILES string of the molecule is CCc1cc(N(C)CC(F)(F)F)ccc1OC. The first-order chi connectivity index (χ1) is 7.87. The second kappa shape index (κ2) is 5.29. The Bertz CT molecular complexity index is 377. The summed E-state index contributed by atoms with van der Waals surface area (Å²) in [6.07, 6.45) is -3.47. The lowest BCUT2D eigenvalue weighted by atomic mass is 10.1. The van der Waals surface area contributed by atoms with Crippen LogP contribution in [0.5, 0.6) is 5.75 Å². The summed E-state index contributed by atoms with van der Waals surface area (Å²) < 4.78 is 41.9.